The molecule has 1 heterocycles. The number of amides is 1. The van der Waals surface area contributed by atoms with Gasteiger partial charge in [0.1, 0.15) is 11.6 Å². The minimum atomic E-state index is -0.623. The molecule has 0 spiro atoms. The van der Waals surface area contributed by atoms with Crippen LogP contribution in [0.25, 0.3) is 0 Å². The van der Waals surface area contributed by atoms with Gasteiger partial charge in [-0.15, -0.1) is 24.0 Å². The molecule has 0 unspecified atom stereocenters. The van der Waals surface area contributed by atoms with E-state index in [0.29, 0.717) is 13.0 Å². The summed E-state index contributed by atoms with van der Waals surface area (Å²) in [5.74, 6) is -1.23. The summed E-state index contributed by atoms with van der Waals surface area (Å²) in [6.07, 6.45) is 0.362. The summed E-state index contributed by atoms with van der Waals surface area (Å²) in [6, 6.07) is 12.7. The molecule has 8 heteroatoms. The molecule has 27 heavy (non-hydrogen) atoms. The fraction of sp³-hybridized carbons (Fsp3) is 0.263. The van der Waals surface area contributed by atoms with Gasteiger partial charge in [0.25, 0.3) is 0 Å². The first-order chi connectivity index (χ1) is 12.5. The second kappa shape index (κ2) is 9.12. The Morgan fingerprint density at radius 1 is 1.26 bits per heavy atom. The van der Waals surface area contributed by atoms with Gasteiger partial charge in [-0.2, -0.15) is 0 Å². The molecule has 0 radical (unpaired) electrons. The van der Waals surface area contributed by atoms with Gasteiger partial charge in [0.15, 0.2) is 5.96 Å². The molecule has 0 bridgehead atoms. The second-order valence-corrected chi connectivity index (χ2v) is 6.30. The van der Waals surface area contributed by atoms with Gasteiger partial charge in [-0.25, -0.2) is 8.78 Å². The SMILES string of the molecule is CN1C(=O)C[C@@H](CN=C(N)Nc2cc(F)ccc2F)[C@@H]1c1ccccc1.I. The van der Waals surface area contributed by atoms with Gasteiger partial charge in [0, 0.05) is 32.0 Å². The van der Waals surface area contributed by atoms with Gasteiger partial charge in [0.2, 0.25) is 5.91 Å². The van der Waals surface area contributed by atoms with Crippen LogP contribution in [0.3, 0.4) is 0 Å². The highest BCUT2D eigenvalue weighted by Crippen LogP contribution is 2.36. The van der Waals surface area contributed by atoms with Crippen molar-refractivity contribution in [3.63, 3.8) is 0 Å². The number of nitrogens with two attached hydrogens (primary N) is 1. The number of anilines is 1. The summed E-state index contributed by atoms with van der Waals surface area (Å²) in [7, 11) is 1.77. The number of halogens is 3. The Balaban J connectivity index is 0.00000261. The fourth-order valence-corrected chi connectivity index (χ4v) is 3.25. The molecule has 3 N–H and O–H groups in total. The molecule has 2 aromatic carbocycles. The Kier molecular flexibility index (Phi) is 7.11. The van der Waals surface area contributed by atoms with E-state index in [9.17, 15) is 13.6 Å². The normalized spacial score (nSPS) is 19.7. The lowest BCUT2D eigenvalue weighted by molar-refractivity contribution is -0.127. The van der Waals surface area contributed by atoms with Gasteiger partial charge in [-0.1, -0.05) is 30.3 Å². The summed E-state index contributed by atoms with van der Waals surface area (Å²) in [5, 5.41) is 2.57. The van der Waals surface area contributed by atoms with Gasteiger partial charge in [-0.05, 0) is 17.7 Å². The number of nitrogens with one attached hydrogen (secondary N) is 1. The van der Waals surface area contributed by atoms with Crippen molar-refractivity contribution >= 4 is 41.5 Å². The summed E-state index contributed by atoms with van der Waals surface area (Å²) < 4.78 is 26.9. The summed E-state index contributed by atoms with van der Waals surface area (Å²) >= 11 is 0. The van der Waals surface area contributed by atoms with Crippen LogP contribution in [0.15, 0.2) is 53.5 Å². The highest BCUT2D eigenvalue weighted by molar-refractivity contribution is 14.0. The van der Waals surface area contributed by atoms with Gasteiger partial charge >= 0.3 is 0 Å². The topological polar surface area (TPSA) is 70.7 Å². The molecule has 5 nitrogen and oxygen atoms in total. The van der Waals surface area contributed by atoms with Crippen molar-refractivity contribution in [3.05, 3.63) is 65.7 Å². The van der Waals surface area contributed by atoms with E-state index in [-0.39, 0.29) is 53.5 Å². The molecule has 1 aliphatic heterocycles. The van der Waals surface area contributed by atoms with Gasteiger partial charge in [-0.3, -0.25) is 9.79 Å². The average molecular weight is 486 g/mol. The highest BCUT2D eigenvalue weighted by Gasteiger charge is 2.38. The molecule has 0 saturated carbocycles. The van der Waals surface area contributed by atoms with E-state index in [1.165, 1.54) is 0 Å². The maximum absolute atomic E-state index is 13.7. The maximum Gasteiger partial charge on any atom is 0.223 e. The molecule has 3 rings (SSSR count). The number of hydrogen-bond acceptors (Lipinski definition) is 2. The fourth-order valence-electron chi connectivity index (χ4n) is 3.25. The molecule has 0 aromatic heterocycles. The molecule has 2 aromatic rings. The lowest BCUT2D eigenvalue weighted by atomic mass is 9.94. The van der Waals surface area contributed by atoms with Crippen molar-refractivity contribution in [2.75, 3.05) is 18.9 Å². The number of hydrogen-bond donors (Lipinski definition) is 2. The molecular formula is C19H21F2IN4O. The zero-order chi connectivity index (χ0) is 18.7. The van der Waals surface area contributed by atoms with Crippen LogP contribution in [0.5, 0.6) is 0 Å². The lowest BCUT2D eigenvalue weighted by Crippen LogP contribution is -2.27. The van der Waals surface area contributed by atoms with Gasteiger partial charge < -0.3 is 16.0 Å². The lowest BCUT2D eigenvalue weighted by Gasteiger charge is -2.24. The van der Waals surface area contributed by atoms with Crippen molar-refractivity contribution in [2.24, 2.45) is 16.6 Å². The van der Waals surface area contributed by atoms with Crippen LogP contribution in [0, 0.1) is 17.6 Å². The molecular weight excluding hydrogens is 465 g/mol. The highest BCUT2D eigenvalue weighted by atomic mass is 127. The predicted octanol–water partition coefficient (Wildman–Crippen LogP) is 3.53. The van der Waals surface area contributed by atoms with Crippen LogP contribution in [-0.2, 0) is 4.79 Å². The van der Waals surface area contributed by atoms with Crippen LogP contribution in [0.4, 0.5) is 14.5 Å². The Labute approximate surface area is 173 Å². The molecule has 1 fully saturated rings. The van der Waals surface area contributed by atoms with Crippen molar-refractivity contribution in [1.29, 1.82) is 0 Å². The zero-order valence-electron chi connectivity index (χ0n) is 14.7. The van der Waals surface area contributed by atoms with E-state index in [1.54, 1.807) is 11.9 Å². The summed E-state index contributed by atoms with van der Waals surface area (Å²) in [5.41, 5.74) is 6.76. The molecule has 0 aliphatic carbocycles. The quantitative estimate of drug-likeness (QED) is 0.395. The van der Waals surface area contributed by atoms with Crippen molar-refractivity contribution in [2.45, 2.75) is 12.5 Å². The number of carbonyl (C=O) groups excluding carboxylic acids is 1. The first-order valence-electron chi connectivity index (χ1n) is 8.28. The van der Waals surface area contributed by atoms with E-state index in [2.05, 4.69) is 10.3 Å². The minimum absolute atomic E-state index is 0. The first kappa shape index (κ1) is 21.1. The molecule has 1 aliphatic rings. The van der Waals surface area contributed by atoms with E-state index >= 15 is 0 Å². The number of nitrogens with zero attached hydrogens (tertiary/aromatic N) is 2. The molecule has 1 saturated heterocycles. The Morgan fingerprint density at radius 2 is 1.96 bits per heavy atom. The predicted molar refractivity (Wildman–Crippen MR) is 112 cm³/mol. The number of guanidine groups is 1. The Morgan fingerprint density at radius 3 is 2.67 bits per heavy atom. The second-order valence-electron chi connectivity index (χ2n) is 6.30. The standard InChI is InChI=1S/C19H20F2N4O.HI/c1-25-17(26)9-13(18(25)12-5-3-2-4-6-12)11-23-19(22)24-16-10-14(20)7-8-15(16)21;/h2-8,10,13,18H,9,11H2,1H3,(H3,22,23,24);1H/t13-,18-;/m0./s1. The number of benzene rings is 2. The summed E-state index contributed by atoms with van der Waals surface area (Å²) in [6.45, 7) is 0.297. The average Bonchev–Trinajstić information content (AvgIpc) is 2.91. The van der Waals surface area contributed by atoms with E-state index in [1.807, 2.05) is 30.3 Å². The van der Waals surface area contributed by atoms with Crippen molar-refractivity contribution < 1.29 is 13.6 Å². The number of carbonyl (C=O) groups is 1. The minimum Gasteiger partial charge on any atom is -0.370 e. The molecule has 1 amide bonds. The Bertz CT molecular complexity index is 832. The van der Waals surface area contributed by atoms with E-state index < -0.39 is 11.6 Å². The van der Waals surface area contributed by atoms with E-state index in [0.717, 1.165) is 23.8 Å². The van der Waals surface area contributed by atoms with Crippen molar-refractivity contribution in [3.8, 4) is 0 Å². The van der Waals surface area contributed by atoms with Gasteiger partial charge in [0.05, 0.1) is 11.7 Å². The Hall–Kier alpha value is -2.23. The zero-order valence-corrected chi connectivity index (χ0v) is 17.1. The van der Waals surface area contributed by atoms with Crippen LogP contribution >= 0.6 is 24.0 Å². The third kappa shape index (κ3) is 4.94. The monoisotopic (exact) mass is 486 g/mol. The number of aliphatic imine (C=N–C) groups is 1. The van der Waals surface area contributed by atoms with Crippen molar-refractivity contribution in [1.82, 2.24) is 4.90 Å². The molecule has 2 atom stereocenters. The third-order valence-corrected chi connectivity index (χ3v) is 4.52. The summed E-state index contributed by atoms with van der Waals surface area (Å²) in [4.78, 5) is 18.1. The van der Waals surface area contributed by atoms with Crippen LogP contribution < -0.4 is 11.1 Å². The number of likely N-dealkylation sites (tertiary alicyclic amines) is 1. The maximum atomic E-state index is 13.7. The van der Waals surface area contributed by atoms with Crippen LogP contribution in [0.1, 0.15) is 18.0 Å². The van der Waals surface area contributed by atoms with E-state index in [4.69, 9.17) is 5.73 Å². The third-order valence-electron chi connectivity index (χ3n) is 4.52. The van der Waals surface area contributed by atoms with Crippen LogP contribution in [-0.4, -0.2) is 30.4 Å². The molecule has 144 valence electrons. The first-order valence-corrected chi connectivity index (χ1v) is 8.28. The largest absolute Gasteiger partial charge is 0.370 e. The van der Waals surface area contributed by atoms with Crippen LogP contribution in [0.2, 0.25) is 0 Å². The smallest absolute Gasteiger partial charge is 0.223 e. The number of rotatable bonds is 4.